The number of benzene rings is 1. The number of hydrogen-bond acceptors (Lipinski definition) is 10. The van der Waals surface area contributed by atoms with Gasteiger partial charge in [0, 0.05) is 32.1 Å². The summed E-state index contributed by atoms with van der Waals surface area (Å²) in [4.78, 5) is 38.3. The SMILES string of the molecule is COC(=O)C1CCN(C(=O)COC(=O)C2CC(O)CN2S(=O)(=O)c2ccc3c(c2)OCCO3)CC1. The van der Waals surface area contributed by atoms with Crippen LogP contribution in [0.15, 0.2) is 23.1 Å². The molecule has 12 nitrogen and oxygen atoms in total. The number of aliphatic hydroxyl groups is 1. The van der Waals surface area contributed by atoms with E-state index in [1.54, 1.807) is 0 Å². The minimum absolute atomic E-state index is 0.113. The van der Waals surface area contributed by atoms with Crippen molar-refractivity contribution in [3.63, 3.8) is 0 Å². The molecule has 2 atom stereocenters. The van der Waals surface area contributed by atoms with Crippen molar-refractivity contribution < 1.29 is 46.9 Å². The molecular formula is C22H28N2O10S. The Morgan fingerprint density at radius 3 is 2.46 bits per heavy atom. The number of fused-ring (bicyclic) bond motifs is 1. The molecule has 1 aromatic rings. The zero-order valence-electron chi connectivity index (χ0n) is 19.3. The van der Waals surface area contributed by atoms with Gasteiger partial charge in [0.25, 0.3) is 5.91 Å². The molecule has 0 saturated carbocycles. The first-order valence-electron chi connectivity index (χ1n) is 11.3. The van der Waals surface area contributed by atoms with Crippen molar-refractivity contribution in [1.82, 2.24) is 9.21 Å². The van der Waals surface area contributed by atoms with Crippen molar-refractivity contribution in [3.8, 4) is 11.5 Å². The molecule has 1 aromatic carbocycles. The van der Waals surface area contributed by atoms with Gasteiger partial charge in [-0.25, -0.2) is 8.42 Å². The lowest BCUT2D eigenvalue weighted by molar-refractivity contribution is -0.156. The van der Waals surface area contributed by atoms with Gasteiger partial charge in [-0.15, -0.1) is 0 Å². The first kappa shape index (κ1) is 25.2. The second-order valence-electron chi connectivity index (χ2n) is 8.57. The number of methoxy groups -OCH3 is 1. The van der Waals surface area contributed by atoms with E-state index in [0.717, 1.165) is 4.31 Å². The van der Waals surface area contributed by atoms with Crippen molar-refractivity contribution >= 4 is 27.9 Å². The Bertz CT molecular complexity index is 1080. The third kappa shape index (κ3) is 5.36. The molecule has 1 N–H and O–H groups in total. The van der Waals surface area contributed by atoms with E-state index in [0.29, 0.717) is 38.3 Å². The topological polar surface area (TPSA) is 149 Å². The minimum atomic E-state index is -4.18. The summed E-state index contributed by atoms with van der Waals surface area (Å²) in [5, 5.41) is 10.1. The van der Waals surface area contributed by atoms with Crippen LogP contribution < -0.4 is 9.47 Å². The van der Waals surface area contributed by atoms with Gasteiger partial charge in [-0.3, -0.25) is 14.4 Å². The summed E-state index contributed by atoms with van der Waals surface area (Å²) in [7, 11) is -2.86. The van der Waals surface area contributed by atoms with Gasteiger partial charge in [0.15, 0.2) is 18.1 Å². The fourth-order valence-electron chi connectivity index (χ4n) is 4.44. The Morgan fingerprint density at radius 1 is 1.09 bits per heavy atom. The number of ether oxygens (including phenoxy) is 4. The van der Waals surface area contributed by atoms with Crippen LogP contribution in [-0.4, -0.2) is 99.3 Å². The average Bonchev–Trinajstić information content (AvgIpc) is 3.29. The van der Waals surface area contributed by atoms with E-state index >= 15 is 0 Å². The number of hydrogen-bond donors (Lipinski definition) is 1. The molecule has 0 aliphatic carbocycles. The third-order valence-electron chi connectivity index (χ3n) is 6.35. The fourth-order valence-corrected chi connectivity index (χ4v) is 6.08. The van der Waals surface area contributed by atoms with Gasteiger partial charge in [-0.05, 0) is 25.0 Å². The molecule has 0 bridgehead atoms. The van der Waals surface area contributed by atoms with E-state index in [-0.39, 0.29) is 42.1 Å². The lowest BCUT2D eigenvalue weighted by Gasteiger charge is -2.30. The van der Waals surface area contributed by atoms with Crippen molar-refractivity contribution in [1.29, 1.82) is 0 Å². The number of likely N-dealkylation sites (tertiary alicyclic amines) is 1. The van der Waals surface area contributed by atoms with E-state index in [1.807, 2.05) is 0 Å². The van der Waals surface area contributed by atoms with Gasteiger partial charge in [-0.2, -0.15) is 4.31 Å². The Labute approximate surface area is 202 Å². The molecule has 0 radical (unpaired) electrons. The number of piperidine rings is 1. The van der Waals surface area contributed by atoms with Gasteiger partial charge in [-0.1, -0.05) is 0 Å². The summed E-state index contributed by atoms with van der Waals surface area (Å²) >= 11 is 0. The smallest absolute Gasteiger partial charge is 0.325 e. The van der Waals surface area contributed by atoms with Crippen LogP contribution >= 0.6 is 0 Å². The van der Waals surface area contributed by atoms with E-state index in [4.69, 9.17) is 18.9 Å². The van der Waals surface area contributed by atoms with Gasteiger partial charge in [0.1, 0.15) is 19.3 Å². The molecule has 4 rings (SSSR count). The number of amides is 1. The lowest BCUT2D eigenvalue weighted by atomic mass is 9.97. The van der Waals surface area contributed by atoms with E-state index in [9.17, 15) is 27.9 Å². The summed E-state index contributed by atoms with van der Waals surface area (Å²) in [6, 6.07) is 2.86. The predicted octanol–water partition coefficient (Wildman–Crippen LogP) is -0.463. The van der Waals surface area contributed by atoms with Crippen LogP contribution in [0.4, 0.5) is 0 Å². The van der Waals surface area contributed by atoms with Crippen LogP contribution in [0.3, 0.4) is 0 Å². The molecular weight excluding hydrogens is 484 g/mol. The molecule has 192 valence electrons. The fraction of sp³-hybridized carbons (Fsp3) is 0.591. The largest absolute Gasteiger partial charge is 0.486 e. The van der Waals surface area contributed by atoms with Crippen molar-refractivity contribution in [2.45, 2.75) is 36.3 Å². The van der Waals surface area contributed by atoms with E-state index in [2.05, 4.69) is 0 Å². The zero-order chi connectivity index (χ0) is 25.2. The summed E-state index contributed by atoms with van der Waals surface area (Å²) < 4.78 is 48.2. The van der Waals surface area contributed by atoms with Crippen molar-refractivity contribution in [2.75, 3.05) is 46.6 Å². The minimum Gasteiger partial charge on any atom is -0.486 e. The maximum Gasteiger partial charge on any atom is 0.325 e. The van der Waals surface area contributed by atoms with Gasteiger partial charge < -0.3 is 29.0 Å². The molecule has 3 aliphatic rings. The first-order chi connectivity index (χ1) is 16.7. The van der Waals surface area contributed by atoms with Gasteiger partial charge in [0.2, 0.25) is 10.0 Å². The van der Waals surface area contributed by atoms with Crippen molar-refractivity contribution in [3.05, 3.63) is 18.2 Å². The molecule has 1 amide bonds. The van der Waals surface area contributed by atoms with Gasteiger partial charge >= 0.3 is 11.9 Å². The van der Waals surface area contributed by atoms with Crippen LogP contribution in [0, 0.1) is 5.92 Å². The summed E-state index contributed by atoms with van der Waals surface area (Å²) in [6.07, 6.45) is -0.320. The number of β-amino-alcohol motifs (C(OH)–C–C–N with tert-alkyl or cyclic N) is 1. The zero-order valence-corrected chi connectivity index (χ0v) is 20.1. The second kappa shape index (κ2) is 10.4. The van der Waals surface area contributed by atoms with Crippen LogP contribution in [-0.2, 0) is 33.9 Å². The highest BCUT2D eigenvalue weighted by atomic mass is 32.2. The molecule has 2 saturated heterocycles. The molecule has 0 spiro atoms. The monoisotopic (exact) mass is 512 g/mol. The number of rotatable bonds is 6. The lowest BCUT2D eigenvalue weighted by Crippen LogP contribution is -2.44. The quantitative estimate of drug-likeness (QED) is 0.496. The molecule has 13 heteroatoms. The van der Waals surface area contributed by atoms with Gasteiger partial charge in [0.05, 0.1) is 24.0 Å². The molecule has 0 aromatic heterocycles. The Kier molecular flexibility index (Phi) is 7.47. The van der Waals surface area contributed by atoms with Crippen LogP contribution in [0.5, 0.6) is 11.5 Å². The number of esters is 2. The number of aliphatic hydroxyl groups excluding tert-OH is 1. The molecule has 35 heavy (non-hydrogen) atoms. The predicted molar refractivity (Wildman–Crippen MR) is 118 cm³/mol. The number of sulfonamides is 1. The number of carbonyl (C=O) groups excluding carboxylic acids is 3. The summed E-state index contributed by atoms with van der Waals surface area (Å²) in [6.45, 7) is 0.430. The van der Waals surface area contributed by atoms with Crippen LogP contribution in [0.25, 0.3) is 0 Å². The highest BCUT2D eigenvalue weighted by molar-refractivity contribution is 7.89. The Balaban J connectivity index is 1.38. The van der Waals surface area contributed by atoms with Crippen LogP contribution in [0.1, 0.15) is 19.3 Å². The Morgan fingerprint density at radius 2 is 1.77 bits per heavy atom. The van der Waals surface area contributed by atoms with E-state index < -0.39 is 40.7 Å². The molecule has 3 heterocycles. The molecule has 2 unspecified atom stereocenters. The normalized spacial score (nSPS) is 23.1. The number of nitrogens with zero attached hydrogens (tertiary/aromatic N) is 2. The maximum atomic E-state index is 13.3. The highest BCUT2D eigenvalue weighted by Crippen LogP contribution is 2.35. The molecule has 2 fully saturated rings. The Hall–Kier alpha value is -2.90. The standard InChI is InChI=1S/C22H28N2O10S/c1-31-21(27)14-4-6-23(7-5-14)20(26)13-34-22(28)17-10-15(25)12-24(17)35(29,30)16-2-3-18-19(11-16)33-9-8-32-18/h2-3,11,14-15,17,25H,4-10,12-13H2,1H3. The average molecular weight is 513 g/mol. The summed E-state index contributed by atoms with van der Waals surface area (Å²) in [5.74, 6) is -1.25. The van der Waals surface area contributed by atoms with Crippen LogP contribution in [0.2, 0.25) is 0 Å². The number of carbonyl (C=O) groups is 3. The highest BCUT2D eigenvalue weighted by Gasteiger charge is 2.45. The van der Waals surface area contributed by atoms with Crippen molar-refractivity contribution in [2.24, 2.45) is 5.92 Å². The van der Waals surface area contributed by atoms with E-state index in [1.165, 1.54) is 30.2 Å². The summed E-state index contributed by atoms with van der Waals surface area (Å²) in [5.41, 5.74) is 0. The molecule has 3 aliphatic heterocycles. The second-order valence-corrected chi connectivity index (χ2v) is 10.5. The maximum absolute atomic E-state index is 13.3. The first-order valence-corrected chi connectivity index (χ1v) is 12.8. The third-order valence-corrected chi connectivity index (χ3v) is 8.22.